The first-order valence-corrected chi connectivity index (χ1v) is 14.4. The summed E-state index contributed by atoms with van der Waals surface area (Å²) >= 11 is 0. The number of ether oxygens (including phenoxy) is 1. The summed E-state index contributed by atoms with van der Waals surface area (Å²) in [6, 6.07) is 26.7. The number of rotatable bonds is 1. The topological polar surface area (TPSA) is 34.7 Å². The van der Waals surface area contributed by atoms with Crippen molar-refractivity contribution in [2.45, 2.75) is 53.1 Å². The van der Waals surface area contributed by atoms with Crippen molar-refractivity contribution in [3.8, 4) is 5.75 Å². The predicted molar refractivity (Wildman–Crippen MR) is 170 cm³/mol. The zero-order valence-electron chi connectivity index (χ0n) is 24.7. The van der Waals surface area contributed by atoms with E-state index in [1.807, 2.05) is 0 Å². The molecule has 0 saturated carbocycles. The largest absolute Gasteiger partial charge is 0.496 e. The molecule has 0 radical (unpaired) electrons. The molecule has 5 nitrogen and oxygen atoms in total. The van der Waals surface area contributed by atoms with Gasteiger partial charge in [0.15, 0.2) is 0 Å². The molecule has 0 saturated heterocycles. The van der Waals surface area contributed by atoms with E-state index in [1.54, 1.807) is 7.11 Å². The van der Waals surface area contributed by atoms with Crippen LogP contribution in [0, 0.1) is 20.8 Å². The molecule has 4 aromatic carbocycles. The lowest BCUT2D eigenvalue weighted by molar-refractivity contribution is 0.410. The number of fused-ring (bicyclic) bond motifs is 9. The summed E-state index contributed by atoms with van der Waals surface area (Å²) in [5.74, 6) is 1.87. The lowest BCUT2D eigenvalue weighted by Gasteiger charge is -2.42. The summed E-state index contributed by atoms with van der Waals surface area (Å²) in [6.45, 7) is 13.5. The van der Waals surface area contributed by atoms with Gasteiger partial charge in [-0.2, -0.15) is 0 Å². The third-order valence-electron chi connectivity index (χ3n) is 9.76. The molecule has 4 heterocycles. The Morgan fingerprint density at radius 2 is 1.39 bits per heavy atom. The van der Waals surface area contributed by atoms with Crippen LogP contribution in [0.15, 0.2) is 72.8 Å². The average Bonchev–Trinajstić information content (AvgIpc) is 3.44. The van der Waals surface area contributed by atoms with E-state index in [1.165, 1.54) is 55.1 Å². The second kappa shape index (κ2) is 8.03. The molecule has 0 aliphatic carbocycles. The van der Waals surface area contributed by atoms with Gasteiger partial charge < -0.3 is 9.64 Å². The normalized spacial score (nSPS) is 16.6. The minimum atomic E-state index is -0.189. The van der Waals surface area contributed by atoms with E-state index in [-0.39, 0.29) is 11.6 Å². The molecular formula is C36H34N4O. The fraction of sp³-hybridized carbons (Fsp3) is 0.250. The Labute approximate surface area is 239 Å². The first kappa shape index (κ1) is 24.3. The molecule has 0 fully saturated rings. The van der Waals surface area contributed by atoms with Crippen LogP contribution in [0.25, 0.3) is 38.4 Å². The number of aromatic nitrogens is 3. The molecule has 204 valence electrons. The van der Waals surface area contributed by atoms with Crippen LogP contribution in [0.2, 0.25) is 0 Å². The van der Waals surface area contributed by atoms with Crippen molar-refractivity contribution in [1.29, 1.82) is 0 Å². The maximum absolute atomic E-state index is 5.86. The minimum Gasteiger partial charge on any atom is -0.496 e. The van der Waals surface area contributed by atoms with Gasteiger partial charge in [-0.25, -0.2) is 4.98 Å². The number of imidazole rings is 1. The molecule has 6 aromatic rings. The van der Waals surface area contributed by atoms with Gasteiger partial charge in [-0.3, -0.25) is 8.97 Å². The maximum Gasteiger partial charge on any atom is 0.217 e. The lowest BCUT2D eigenvalue weighted by Crippen LogP contribution is -2.33. The van der Waals surface area contributed by atoms with Crippen LogP contribution >= 0.6 is 0 Å². The van der Waals surface area contributed by atoms with E-state index in [0.29, 0.717) is 0 Å². The van der Waals surface area contributed by atoms with Gasteiger partial charge in [0, 0.05) is 27.4 Å². The summed E-state index contributed by atoms with van der Waals surface area (Å²) < 4.78 is 10.7. The third kappa shape index (κ3) is 2.88. The molecule has 2 aliphatic heterocycles. The van der Waals surface area contributed by atoms with Crippen molar-refractivity contribution in [1.82, 2.24) is 14.0 Å². The summed E-state index contributed by atoms with van der Waals surface area (Å²) in [5.41, 5.74) is 10.7. The Bertz CT molecular complexity index is 2180. The first-order chi connectivity index (χ1) is 19.8. The molecule has 41 heavy (non-hydrogen) atoms. The van der Waals surface area contributed by atoms with Gasteiger partial charge in [0.05, 0.1) is 35.2 Å². The van der Waals surface area contributed by atoms with Gasteiger partial charge in [0.2, 0.25) is 5.78 Å². The van der Waals surface area contributed by atoms with Crippen LogP contribution in [0.3, 0.4) is 0 Å². The van der Waals surface area contributed by atoms with Crippen molar-refractivity contribution in [3.63, 3.8) is 0 Å². The Kier molecular flexibility index (Phi) is 4.76. The smallest absolute Gasteiger partial charge is 0.217 e. The number of hydrogen-bond donors (Lipinski definition) is 0. The van der Waals surface area contributed by atoms with E-state index in [9.17, 15) is 0 Å². The monoisotopic (exact) mass is 538 g/mol. The van der Waals surface area contributed by atoms with Crippen LogP contribution in [0.1, 0.15) is 55.0 Å². The summed E-state index contributed by atoms with van der Waals surface area (Å²) in [5, 5.41) is 4.92. The van der Waals surface area contributed by atoms with E-state index in [2.05, 4.69) is 128 Å². The van der Waals surface area contributed by atoms with Crippen LogP contribution in [0.4, 0.5) is 11.4 Å². The van der Waals surface area contributed by atoms with Crippen molar-refractivity contribution in [2.75, 3.05) is 12.0 Å². The number of para-hydroxylation sites is 1. The van der Waals surface area contributed by atoms with Gasteiger partial charge in [-0.1, -0.05) is 74.5 Å². The minimum absolute atomic E-state index is 0.0112. The van der Waals surface area contributed by atoms with E-state index < -0.39 is 0 Å². The van der Waals surface area contributed by atoms with E-state index in [4.69, 9.17) is 9.72 Å². The molecule has 0 spiro atoms. The second-order valence-electron chi connectivity index (χ2n) is 12.1. The average molecular weight is 539 g/mol. The van der Waals surface area contributed by atoms with Gasteiger partial charge in [-0.05, 0) is 61.7 Å². The standard InChI is InChI=1S/C36H34N4O/c1-20-31(41-7)19-18-28-32(20)39-23(4)40-33-27(16-17-29(34(33)39)36(28,5)6)25-13-9-8-12-24(25)26-14-10-11-15-30(26)38-22(3)21(2)37-35(38)40/h8-19,23H,1-7H3/t23-/m1/s1. The molecule has 0 N–H and O–H groups in total. The first-order valence-electron chi connectivity index (χ1n) is 14.4. The Morgan fingerprint density at radius 1 is 0.756 bits per heavy atom. The molecular weight excluding hydrogens is 504 g/mol. The Balaban J connectivity index is 1.72. The summed E-state index contributed by atoms with van der Waals surface area (Å²) in [7, 11) is 1.77. The molecule has 1 atom stereocenters. The number of anilines is 2. The fourth-order valence-corrected chi connectivity index (χ4v) is 7.60. The van der Waals surface area contributed by atoms with E-state index in [0.717, 1.165) is 28.4 Å². The van der Waals surface area contributed by atoms with Crippen molar-refractivity contribution in [2.24, 2.45) is 0 Å². The number of aryl methyl sites for hydroxylation is 2. The van der Waals surface area contributed by atoms with Crippen molar-refractivity contribution < 1.29 is 4.74 Å². The number of benzene rings is 4. The zero-order chi connectivity index (χ0) is 28.4. The Morgan fingerprint density at radius 3 is 2.12 bits per heavy atom. The highest BCUT2D eigenvalue weighted by atomic mass is 16.5. The van der Waals surface area contributed by atoms with Gasteiger partial charge in [0.25, 0.3) is 0 Å². The second-order valence-corrected chi connectivity index (χ2v) is 12.1. The quantitative estimate of drug-likeness (QED) is 0.210. The third-order valence-corrected chi connectivity index (χ3v) is 9.76. The highest BCUT2D eigenvalue weighted by Gasteiger charge is 2.44. The number of nitrogens with zero attached hydrogens (tertiary/aromatic N) is 4. The van der Waals surface area contributed by atoms with Gasteiger partial charge in [0.1, 0.15) is 11.9 Å². The van der Waals surface area contributed by atoms with Crippen molar-refractivity contribution in [3.05, 3.63) is 101 Å². The maximum atomic E-state index is 5.86. The molecule has 0 bridgehead atoms. The highest BCUT2D eigenvalue weighted by Crippen LogP contribution is 2.58. The summed E-state index contributed by atoms with van der Waals surface area (Å²) in [6.07, 6.45) is -0.0112. The van der Waals surface area contributed by atoms with Gasteiger partial charge in [-0.15, -0.1) is 0 Å². The SMILES string of the molecule is COc1ccc2c(c1C)N1c3c(ccc4c5ccccc5c5ccccc5n5c(C)c(C)nc5n(c34)[C@@H]1C)C2(C)C. The molecule has 2 aromatic heterocycles. The molecule has 5 heteroatoms. The van der Waals surface area contributed by atoms with E-state index >= 15 is 0 Å². The fourth-order valence-electron chi connectivity index (χ4n) is 7.60. The summed E-state index contributed by atoms with van der Waals surface area (Å²) in [4.78, 5) is 7.84. The predicted octanol–water partition coefficient (Wildman–Crippen LogP) is 8.96. The van der Waals surface area contributed by atoms with Crippen LogP contribution < -0.4 is 9.64 Å². The molecule has 2 aliphatic rings. The highest BCUT2D eigenvalue weighted by molar-refractivity contribution is 6.17. The van der Waals surface area contributed by atoms with Crippen molar-refractivity contribution >= 4 is 49.7 Å². The molecule has 0 unspecified atom stereocenters. The van der Waals surface area contributed by atoms with Crippen LogP contribution in [-0.4, -0.2) is 21.1 Å². The van der Waals surface area contributed by atoms with Gasteiger partial charge >= 0.3 is 0 Å². The number of hydrogen-bond acceptors (Lipinski definition) is 3. The van der Waals surface area contributed by atoms with Crippen LogP contribution in [0.5, 0.6) is 5.75 Å². The Hall–Kier alpha value is -4.51. The lowest BCUT2D eigenvalue weighted by atomic mass is 9.72. The molecule has 8 rings (SSSR count). The van der Waals surface area contributed by atoms with Crippen LogP contribution in [-0.2, 0) is 5.41 Å². The molecule has 0 amide bonds. The zero-order valence-corrected chi connectivity index (χ0v) is 24.7. The number of methoxy groups -OCH3 is 1.